The van der Waals surface area contributed by atoms with E-state index in [9.17, 15) is 0 Å². The minimum atomic E-state index is 0.442. The van der Waals surface area contributed by atoms with Crippen molar-refractivity contribution in [3.63, 3.8) is 0 Å². The summed E-state index contributed by atoms with van der Waals surface area (Å²) in [7, 11) is 0. The van der Waals surface area contributed by atoms with E-state index >= 15 is 0 Å². The summed E-state index contributed by atoms with van der Waals surface area (Å²) in [6.45, 7) is 14.5. The van der Waals surface area contributed by atoms with Gasteiger partial charge >= 0.3 is 0 Å². The third-order valence-electron chi connectivity index (χ3n) is 4.40. The fourth-order valence-corrected chi connectivity index (χ4v) is 3.21. The maximum Gasteiger partial charge on any atom is 0.0765 e. The highest BCUT2D eigenvalue weighted by Crippen LogP contribution is 2.18. The van der Waals surface area contributed by atoms with E-state index in [2.05, 4.69) is 61.8 Å². The molecule has 1 saturated heterocycles. The third-order valence-corrected chi connectivity index (χ3v) is 4.40. The summed E-state index contributed by atoms with van der Waals surface area (Å²) in [5.41, 5.74) is 1.20. The Balaban J connectivity index is 1.99. The molecule has 2 rings (SSSR count). The molecule has 2 atom stereocenters. The highest BCUT2D eigenvalue weighted by Gasteiger charge is 2.27. The number of nitrogens with zero attached hydrogens (tertiary/aromatic N) is 3. The fourth-order valence-electron chi connectivity index (χ4n) is 3.21. The Morgan fingerprint density at radius 1 is 1.33 bits per heavy atom. The van der Waals surface area contributed by atoms with Gasteiger partial charge in [-0.25, -0.2) is 0 Å². The Morgan fingerprint density at radius 2 is 2.10 bits per heavy atom. The Morgan fingerprint density at radius 3 is 2.67 bits per heavy atom. The first-order chi connectivity index (χ1) is 9.99. The first kappa shape index (κ1) is 16.5. The van der Waals surface area contributed by atoms with Crippen LogP contribution in [0.1, 0.15) is 59.2 Å². The Kier molecular flexibility index (Phi) is 5.82. The molecule has 1 aliphatic rings. The van der Waals surface area contributed by atoms with Crippen LogP contribution < -0.4 is 5.32 Å². The molecule has 21 heavy (non-hydrogen) atoms. The first-order valence-electron chi connectivity index (χ1n) is 8.51. The molecule has 4 heteroatoms. The summed E-state index contributed by atoms with van der Waals surface area (Å²) in [5, 5.41) is 8.44. The highest BCUT2D eigenvalue weighted by atomic mass is 15.3. The van der Waals surface area contributed by atoms with Crippen LogP contribution in [0.4, 0.5) is 0 Å². The van der Waals surface area contributed by atoms with Crippen LogP contribution in [0.25, 0.3) is 0 Å². The normalized spacial score (nSPS) is 24.1. The van der Waals surface area contributed by atoms with Gasteiger partial charge in [-0.05, 0) is 38.7 Å². The van der Waals surface area contributed by atoms with Crippen molar-refractivity contribution in [3.05, 3.63) is 18.0 Å². The predicted molar refractivity (Wildman–Crippen MR) is 88.3 cm³/mol. The highest BCUT2D eigenvalue weighted by molar-refractivity contribution is 5.01. The molecule has 1 N–H and O–H groups in total. The quantitative estimate of drug-likeness (QED) is 0.875. The number of aromatic nitrogens is 2. The smallest absolute Gasteiger partial charge is 0.0765 e. The van der Waals surface area contributed by atoms with Gasteiger partial charge in [0, 0.05) is 44.0 Å². The largest absolute Gasteiger partial charge is 0.311 e. The molecule has 1 aliphatic heterocycles. The third kappa shape index (κ3) is 4.55. The van der Waals surface area contributed by atoms with Gasteiger partial charge in [0.05, 0.1) is 5.69 Å². The van der Waals surface area contributed by atoms with Crippen molar-refractivity contribution in [3.8, 4) is 0 Å². The summed E-state index contributed by atoms with van der Waals surface area (Å²) in [6.07, 6.45) is 4.56. The van der Waals surface area contributed by atoms with E-state index in [0.717, 1.165) is 25.6 Å². The van der Waals surface area contributed by atoms with E-state index in [1.807, 2.05) is 0 Å². The van der Waals surface area contributed by atoms with Crippen molar-refractivity contribution in [2.45, 2.75) is 72.1 Å². The van der Waals surface area contributed by atoms with Crippen LogP contribution in [0.5, 0.6) is 0 Å². The molecule has 1 aromatic rings. The van der Waals surface area contributed by atoms with Crippen molar-refractivity contribution in [1.82, 2.24) is 20.0 Å². The molecule has 0 aromatic carbocycles. The Labute approximate surface area is 129 Å². The SMILES string of the molecule is CCC1CNC(CC(C)C)CN1Cc1ccn(C(C)C)n1. The fraction of sp³-hybridized carbons (Fsp3) is 0.824. The standard InChI is InChI=1S/C17H32N4/c1-6-17-10-18-16(9-13(2)3)12-20(17)11-15-7-8-21(19-15)14(4)5/h7-8,13-14,16-18H,6,9-12H2,1-5H3. The molecular weight excluding hydrogens is 260 g/mol. The summed E-state index contributed by atoms with van der Waals surface area (Å²) in [5.74, 6) is 0.752. The minimum Gasteiger partial charge on any atom is -0.311 e. The molecule has 0 spiro atoms. The van der Waals surface area contributed by atoms with Crippen LogP contribution in [0.3, 0.4) is 0 Å². The van der Waals surface area contributed by atoms with E-state index in [-0.39, 0.29) is 0 Å². The molecule has 2 heterocycles. The average Bonchev–Trinajstić information content (AvgIpc) is 2.87. The molecule has 1 fully saturated rings. The van der Waals surface area contributed by atoms with Gasteiger partial charge in [-0.2, -0.15) is 5.10 Å². The summed E-state index contributed by atoms with van der Waals surface area (Å²) < 4.78 is 2.06. The second kappa shape index (κ2) is 7.41. The van der Waals surface area contributed by atoms with Gasteiger partial charge < -0.3 is 5.32 Å². The minimum absolute atomic E-state index is 0.442. The Hall–Kier alpha value is -0.870. The lowest BCUT2D eigenvalue weighted by Gasteiger charge is -2.40. The molecule has 0 aliphatic carbocycles. The van der Waals surface area contributed by atoms with Crippen molar-refractivity contribution < 1.29 is 0 Å². The van der Waals surface area contributed by atoms with Gasteiger partial charge in [0.25, 0.3) is 0 Å². The van der Waals surface area contributed by atoms with Crippen LogP contribution in [0.2, 0.25) is 0 Å². The lowest BCUT2D eigenvalue weighted by atomic mass is 9.99. The van der Waals surface area contributed by atoms with Crippen LogP contribution in [0, 0.1) is 5.92 Å². The molecule has 1 aromatic heterocycles. The van der Waals surface area contributed by atoms with Gasteiger partial charge in [-0.3, -0.25) is 9.58 Å². The van der Waals surface area contributed by atoms with Crippen LogP contribution in [-0.2, 0) is 6.54 Å². The zero-order chi connectivity index (χ0) is 15.4. The van der Waals surface area contributed by atoms with Gasteiger partial charge in [0.1, 0.15) is 0 Å². The topological polar surface area (TPSA) is 33.1 Å². The van der Waals surface area contributed by atoms with Crippen LogP contribution in [0.15, 0.2) is 12.3 Å². The summed E-state index contributed by atoms with van der Waals surface area (Å²) in [4.78, 5) is 2.62. The van der Waals surface area contributed by atoms with E-state index in [1.54, 1.807) is 0 Å². The molecule has 120 valence electrons. The van der Waals surface area contributed by atoms with E-state index in [4.69, 9.17) is 5.10 Å². The molecule has 0 radical (unpaired) electrons. The summed E-state index contributed by atoms with van der Waals surface area (Å²) in [6, 6.07) is 3.88. The van der Waals surface area contributed by atoms with Crippen molar-refractivity contribution in [2.24, 2.45) is 5.92 Å². The average molecular weight is 292 g/mol. The molecule has 0 bridgehead atoms. The molecule has 0 amide bonds. The van der Waals surface area contributed by atoms with E-state index in [1.165, 1.54) is 18.5 Å². The number of hydrogen-bond acceptors (Lipinski definition) is 3. The number of hydrogen-bond donors (Lipinski definition) is 1. The van der Waals surface area contributed by atoms with Crippen molar-refractivity contribution in [1.29, 1.82) is 0 Å². The van der Waals surface area contributed by atoms with Gasteiger partial charge in [0.15, 0.2) is 0 Å². The first-order valence-corrected chi connectivity index (χ1v) is 8.51. The number of rotatable bonds is 6. The maximum atomic E-state index is 4.71. The van der Waals surface area contributed by atoms with Gasteiger partial charge in [-0.1, -0.05) is 20.8 Å². The monoisotopic (exact) mass is 292 g/mol. The lowest BCUT2D eigenvalue weighted by molar-refractivity contribution is 0.110. The zero-order valence-corrected chi connectivity index (χ0v) is 14.3. The Bertz CT molecular complexity index is 424. The van der Waals surface area contributed by atoms with Crippen molar-refractivity contribution in [2.75, 3.05) is 13.1 Å². The second-order valence-corrected chi connectivity index (χ2v) is 7.11. The molecule has 0 saturated carbocycles. The van der Waals surface area contributed by atoms with Crippen LogP contribution in [-0.4, -0.2) is 39.9 Å². The molecular formula is C17H32N4. The van der Waals surface area contributed by atoms with Gasteiger partial charge in [0.2, 0.25) is 0 Å². The summed E-state index contributed by atoms with van der Waals surface area (Å²) >= 11 is 0. The number of piperazine rings is 1. The lowest BCUT2D eigenvalue weighted by Crippen LogP contribution is -2.56. The van der Waals surface area contributed by atoms with Crippen LogP contribution >= 0.6 is 0 Å². The zero-order valence-electron chi connectivity index (χ0n) is 14.3. The molecule has 4 nitrogen and oxygen atoms in total. The predicted octanol–water partition coefficient (Wildman–Crippen LogP) is 3.06. The molecule has 2 unspecified atom stereocenters. The van der Waals surface area contributed by atoms with Gasteiger partial charge in [-0.15, -0.1) is 0 Å². The maximum absolute atomic E-state index is 4.71. The number of nitrogens with one attached hydrogen (secondary N) is 1. The van der Waals surface area contributed by atoms with E-state index in [0.29, 0.717) is 18.1 Å². The van der Waals surface area contributed by atoms with Crippen molar-refractivity contribution >= 4 is 0 Å². The second-order valence-electron chi connectivity index (χ2n) is 7.11. The van der Waals surface area contributed by atoms with E-state index < -0.39 is 0 Å².